The zero-order chi connectivity index (χ0) is 12.6. The molecule has 92 valence electrons. The van der Waals surface area contributed by atoms with Crippen LogP contribution in [0.3, 0.4) is 0 Å². The predicted molar refractivity (Wildman–Crippen MR) is 61.9 cm³/mol. The maximum absolute atomic E-state index is 11.2. The van der Waals surface area contributed by atoms with Gasteiger partial charge in [-0.1, -0.05) is 0 Å². The van der Waals surface area contributed by atoms with Gasteiger partial charge in [0.05, 0.1) is 13.1 Å². The molecule has 0 aliphatic rings. The van der Waals surface area contributed by atoms with E-state index in [1.165, 1.54) is 0 Å². The largest absolute Gasteiger partial charge is 0.368 e. The highest BCUT2D eigenvalue weighted by Gasteiger charge is 2.16. The first kappa shape index (κ1) is 14.7. The van der Waals surface area contributed by atoms with Gasteiger partial charge in [0.1, 0.15) is 6.04 Å². The number of thiol groups is 1. The number of carbonyl (C=O) groups excluding carboxylic acids is 3. The molecule has 0 spiro atoms. The fourth-order valence-electron chi connectivity index (χ4n) is 0.854. The number of rotatable bonds is 7. The molecule has 16 heavy (non-hydrogen) atoms. The van der Waals surface area contributed by atoms with Crippen molar-refractivity contribution in [3.05, 3.63) is 0 Å². The van der Waals surface area contributed by atoms with E-state index in [-0.39, 0.29) is 24.7 Å². The van der Waals surface area contributed by atoms with Crippen LogP contribution in [-0.2, 0) is 14.4 Å². The van der Waals surface area contributed by atoms with Crippen molar-refractivity contribution < 1.29 is 14.4 Å². The van der Waals surface area contributed by atoms with E-state index in [0.29, 0.717) is 0 Å². The van der Waals surface area contributed by atoms with Crippen LogP contribution in [0, 0.1) is 0 Å². The molecule has 0 saturated carbocycles. The molecule has 8 heteroatoms. The van der Waals surface area contributed by atoms with Crippen LogP contribution in [0.2, 0.25) is 0 Å². The van der Waals surface area contributed by atoms with Gasteiger partial charge in [-0.2, -0.15) is 12.6 Å². The number of hydrogen-bond acceptors (Lipinski definition) is 5. The maximum atomic E-state index is 11.2. The first-order valence-electron chi connectivity index (χ1n) is 4.62. The van der Waals surface area contributed by atoms with E-state index in [9.17, 15) is 14.4 Å². The Labute approximate surface area is 98.9 Å². The summed E-state index contributed by atoms with van der Waals surface area (Å²) in [5.41, 5.74) is 5.00. The lowest BCUT2D eigenvalue weighted by Crippen LogP contribution is -2.49. The Morgan fingerprint density at radius 1 is 1.25 bits per heavy atom. The van der Waals surface area contributed by atoms with Gasteiger partial charge in [0.25, 0.3) is 0 Å². The van der Waals surface area contributed by atoms with Crippen LogP contribution in [0.25, 0.3) is 0 Å². The Morgan fingerprint density at radius 2 is 1.88 bits per heavy atom. The number of carbonyl (C=O) groups is 3. The van der Waals surface area contributed by atoms with Crippen molar-refractivity contribution in [2.45, 2.75) is 6.04 Å². The van der Waals surface area contributed by atoms with Crippen LogP contribution >= 0.6 is 12.6 Å². The Morgan fingerprint density at radius 3 is 2.31 bits per heavy atom. The minimum Gasteiger partial charge on any atom is -0.368 e. The van der Waals surface area contributed by atoms with Crippen LogP contribution in [-0.4, -0.2) is 49.7 Å². The van der Waals surface area contributed by atoms with E-state index < -0.39 is 17.9 Å². The van der Waals surface area contributed by atoms with Crippen molar-refractivity contribution in [3.8, 4) is 0 Å². The van der Waals surface area contributed by atoms with Crippen LogP contribution in [0.15, 0.2) is 0 Å². The van der Waals surface area contributed by atoms with Crippen LogP contribution in [0.1, 0.15) is 0 Å². The maximum Gasteiger partial charge on any atom is 0.240 e. The van der Waals surface area contributed by atoms with Crippen molar-refractivity contribution in [2.24, 2.45) is 5.73 Å². The zero-order valence-corrected chi connectivity index (χ0v) is 9.84. The summed E-state index contributed by atoms with van der Waals surface area (Å²) in [5, 5.41) is 7.33. The van der Waals surface area contributed by atoms with E-state index in [0.717, 1.165) is 0 Å². The van der Waals surface area contributed by atoms with Crippen LogP contribution in [0.5, 0.6) is 0 Å². The summed E-state index contributed by atoms with van der Waals surface area (Å²) in [5.74, 6) is -1.34. The second-order valence-electron chi connectivity index (χ2n) is 3.01. The highest BCUT2D eigenvalue weighted by molar-refractivity contribution is 7.80. The first-order chi connectivity index (χ1) is 7.51. The second kappa shape index (κ2) is 7.94. The van der Waals surface area contributed by atoms with Gasteiger partial charge in [-0.25, -0.2) is 0 Å². The number of nitrogens with one attached hydrogen (secondary N) is 3. The second-order valence-corrected chi connectivity index (χ2v) is 3.38. The summed E-state index contributed by atoms with van der Waals surface area (Å²) in [7, 11) is 1.61. The zero-order valence-electron chi connectivity index (χ0n) is 8.95. The van der Waals surface area contributed by atoms with Gasteiger partial charge in [-0.05, 0) is 7.05 Å². The Balaban J connectivity index is 3.89. The lowest BCUT2D eigenvalue weighted by atomic mass is 10.3. The third-order valence-corrected chi connectivity index (χ3v) is 2.01. The quantitative estimate of drug-likeness (QED) is 0.314. The van der Waals surface area contributed by atoms with E-state index in [4.69, 9.17) is 5.73 Å². The summed E-state index contributed by atoms with van der Waals surface area (Å²) in [6.07, 6.45) is 0. The van der Waals surface area contributed by atoms with Gasteiger partial charge in [-0.15, -0.1) is 0 Å². The molecule has 3 amide bonds. The standard InChI is InChI=1S/C8H16N4O3S/c1-10-2-6(13)11-3-7(14)12-5(4-16)8(9)15/h5,10,16H,2-4H2,1H3,(H2,9,15)(H,11,13)(H,12,14). The lowest BCUT2D eigenvalue weighted by molar-refractivity contribution is -0.128. The minimum absolute atomic E-state index is 0.117. The summed E-state index contributed by atoms with van der Waals surface area (Å²) in [4.78, 5) is 33.0. The topological polar surface area (TPSA) is 113 Å². The normalized spacial score (nSPS) is 11.6. The third-order valence-electron chi connectivity index (χ3n) is 1.64. The average molecular weight is 248 g/mol. The molecule has 0 saturated heterocycles. The summed E-state index contributed by atoms with van der Waals surface area (Å²) >= 11 is 3.86. The fourth-order valence-corrected chi connectivity index (χ4v) is 1.13. The van der Waals surface area contributed by atoms with E-state index in [2.05, 4.69) is 28.6 Å². The smallest absolute Gasteiger partial charge is 0.240 e. The van der Waals surface area contributed by atoms with Gasteiger partial charge >= 0.3 is 0 Å². The molecule has 0 bridgehead atoms. The lowest BCUT2D eigenvalue weighted by Gasteiger charge is -2.12. The number of likely N-dealkylation sites (N-methyl/N-ethyl adjacent to an activating group) is 1. The molecule has 0 aliphatic heterocycles. The van der Waals surface area contributed by atoms with Gasteiger partial charge in [0.15, 0.2) is 0 Å². The molecule has 5 N–H and O–H groups in total. The van der Waals surface area contributed by atoms with Gasteiger partial charge in [-0.3, -0.25) is 14.4 Å². The number of primary amides is 1. The molecule has 0 aliphatic carbocycles. The van der Waals surface area contributed by atoms with Crippen molar-refractivity contribution in [1.29, 1.82) is 0 Å². The molecule has 0 heterocycles. The molecule has 1 atom stereocenters. The Hall–Kier alpha value is -1.28. The molecule has 1 unspecified atom stereocenters. The molecule has 7 nitrogen and oxygen atoms in total. The minimum atomic E-state index is -0.822. The van der Waals surface area contributed by atoms with Crippen molar-refractivity contribution in [3.63, 3.8) is 0 Å². The molecule has 0 rings (SSSR count). The predicted octanol–water partition coefficient (Wildman–Crippen LogP) is -2.78. The van der Waals surface area contributed by atoms with Crippen molar-refractivity contribution >= 4 is 30.4 Å². The van der Waals surface area contributed by atoms with Crippen LogP contribution in [0.4, 0.5) is 0 Å². The van der Waals surface area contributed by atoms with E-state index in [1.807, 2.05) is 0 Å². The Bertz CT molecular complexity index is 272. The SMILES string of the molecule is CNCC(=O)NCC(=O)NC(CS)C(N)=O. The molecular weight excluding hydrogens is 232 g/mol. The Kier molecular flexibility index (Phi) is 7.31. The number of nitrogens with two attached hydrogens (primary N) is 1. The van der Waals surface area contributed by atoms with Gasteiger partial charge in [0, 0.05) is 5.75 Å². The summed E-state index contributed by atoms with van der Waals surface area (Å²) in [6, 6.07) is -0.822. The molecule has 0 aromatic carbocycles. The summed E-state index contributed by atoms with van der Waals surface area (Å²) < 4.78 is 0. The van der Waals surface area contributed by atoms with Crippen LogP contribution < -0.4 is 21.7 Å². The molecule has 0 radical (unpaired) electrons. The van der Waals surface area contributed by atoms with Crippen molar-refractivity contribution in [2.75, 3.05) is 25.9 Å². The van der Waals surface area contributed by atoms with Gasteiger partial charge < -0.3 is 21.7 Å². The highest BCUT2D eigenvalue weighted by Crippen LogP contribution is 1.86. The average Bonchev–Trinajstić information content (AvgIpc) is 2.23. The third kappa shape index (κ3) is 6.25. The monoisotopic (exact) mass is 248 g/mol. The number of amides is 3. The molecule has 0 aromatic heterocycles. The van der Waals surface area contributed by atoms with E-state index >= 15 is 0 Å². The summed E-state index contributed by atoms with van der Waals surface area (Å²) in [6.45, 7) is -0.0723. The van der Waals surface area contributed by atoms with E-state index in [1.54, 1.807) is 7.05 Å². The highest BCUT2D eigenvalue weighted by atomic mass is 32.1. The number of hydrogen-bond donors (Lipinski definition) is 5. The first-order valence-corrected chi connectivity index (χ1v) is 5.25. The molecule has 0 fully saturated rings. The van der Waals surface area contributed by atoms with Crippen molar-refractivity contribution in [1.82, 2.24) is 16.0 Å². The molecular formula is C8H16N4O3S. The molecule has 0 aromatic rings. The fraction of sp³-hybridized carbons (Fsp3) is 0.625. The van der Waals surface area contributed by atoms with Gasteiger partial charge in [0.2, 0.25) is 17.7 Å².